The van der Waals surface area contributed by atoms with Crippen LogP contribution in [0.25, 0.3) is 11.3 Å². The Bertz CT molecular complexity index is 694. The zero-order valence-electron chi connectivity index (χ0n) is 12.5. The van der Waals surface area contributed by atoms with Crippen LogP contribution in [-0.2, 0) is 6.42 Å². The highest BCUT2D eigenvalue weighted by Crippen LogP contribution is 2.37. The third-order valence-corrected chi connectivity index (χ3v) is 3.05. The Morgan fingerprint density at radius 3 is 2.82 bits per heavy atom. The Morgan fingerprint density at radius 2 is 2.23 bits per heavy atom. The fraction of sp³-hybridized carbons (Fsp3) is 0.267. The Kier molecular flexibility index (Phi) is 4.77. The Balaban J connectivity index is 2.63. The molecule has 0 aliphatic rings. The van der Waals surface area contributed by atoms with E-state index >= 15 is 0 Å². The molecule has 0 aliphatic heterocycles. The van der Waals surface area contributed by atoms with Gasteiger partial charge in [0.15, 0.2) is 17.2 Å². The molecule has 0 radical (unpaired) electrons. The number of rotatable bonds is 7. The second-order valence-electron chi connectivity index (χ2n) is 4.48. The predicted molar refractivity (Wildman–Crippen MR) is 82.0 cm³/mol. The molecular formula is C15H18N4O3. The number of hydrogen-bond acceptors (Lipinski definition) is 5. The van der Waals surface area contributed by atoms with E-state index in [2.05, 4.69) is 22.0 Å². The van der Waals surface area contributed by atoms with E-state index in [1.54, 1.807) is 19.3 Å². The molecular weight excluding hydrogens is 284 g/mol. The summed E-state index contributed by atoms with van der Waals surface area (Å²) in [5.74, 6) is 0.551. The number of carbonyl (C=O) groups excluding carboxylic acids is 1. The molecule has 1 aromatic heterocycles. The van der Waals surface area contributed by atoms with Crippen LogP contribution in [0.2, 0.25) is 0 Å². The van der Waals surface area contributed by atoms with Crippen LogP contribution < -0.4 is 15.2 Å². The topological polar surface area (TPSA) is 103 Å². The fourth-order valence-corrected chi connectivity index (χ4v) is 2.20. The number of nitrogens with two attached hydrogens (primary N) is 1. The maximum atomic E-state index is 11.4. The van der Waals surface area contributed by atoms with Gasteiger partial charge in [0, 0.05) is 11.1 Å². The van der Waals surface area contributed by atoms with Crippen molar-refractivity contribution in [2.45, 2.75) is 13.3 Å². The fourth-order valence-electron chi connectivity index (χ4n) is 2.20. The van der Waals surface area contributed by atoms with Crippen molar-refractivity contribution in [1.82, 2.24) is 15.4 Å². The molecule has 0 bridgehead atoms. The van der Waals surface area contributed by atoms with Crippen molar-refractivity contribution in [3.63, 3.8) is 0 Å². The van der Waals surface area contributed by atoms with Crippen LogP contribution in [0.4, 0.5) is 0 Å². The molecule has 2 rings (SSSR count). The summed E-state index contributed by atoms with van der Waals surface area (Å²) in [6.07, 6.45) is 2.34. The number of methoxy groups -OCH3 is 1. The van der Waals surface area contributed by atoms with Crippen molar-refractivity contribution < 1.29 is 14.3 Å². The molecule has 22 heavy (non-hydrogen) atoms. The van der Waals surface area contributed by atoms with E-state index in [1.165, 1.54) is 0 Å². The lowest BCUT2D eigenvalue weighted by molar-refractivity contribution is 0.0996. The number of H-pyrrole nitrogens is 1. The molecule has 0 atom stereocenters. The van der Waals surface area contributed by atoms with Crippen molar-refractivity contribution in [3.05, 3.63) is 36.0 Å². The Labute approximate surface area is 128 Å². The highest BCUT2D eigenvalue weighted by atomic mass is 16.5. The van der Waals surface area contributed by atoms with Crippen molar-refractivity contribution in [2.75, 3.05) is 13.7 Å². The highest BCUT2D eigenvalue weighted by molar-refractivity contribution is 5.96. The van der Waals surface area contributed by atoms with Crippen molar-refractivity contribution in [1.29, 1.82) is 0 Å². The monoisotopic (exact) mass is 302 g/mol. The number of aromatic nitrogens is 3. The van der Waals surface area contributed by atoms with E-state index < -0.39 is 5.91 Å². The quantitative estimate of drug-likeness (QED) is 0.758. The normalized spacial score (nSPS) is 10.3. The van der Waals surface area contributed by atoms with Gasteiger partial charge < -0.3 is 15.2 Å². The zero-order valence-corrected chi connectivity index (χ0v) is 12.5. The maximum absolute atomic E-state index is 11.4. The molecule has 1 aromatic carbocycles. The summed E-state index contributed by atoms with van der Waals surface area (Å²) in [4.78, 5) is 11.4. The number of carbonyl (C=O) groups is 1. The standard InChI is InChI=1S/C15H18N4O3/c1-4-6-9-7-10(8-11(22-5-2)14(9)21-3)12-13(15(16)20)18-19-17-12/h4,7-8H,1,5-6H2,2-3H3,(H2,16,20)(H,17,18,19). The van der Waals surface area contributed by atoms with Crippen molar-refractivity contribution in [3.8, 4) is 22.8 Å². The van der Waals surface area contributed by atoms with Crippen molar-refractivity contribution in [2.24, 2.45) is 5.73 Å². The van der Waals surface area contributed by atoms with Crippen LogP contribution in [0.5, 0.6) is 11.5 Å². The third kappa shape index (κ3) is 2.93. The van der Waals surface area contributed by atoms with Gasteiger partial charge in [-0.05, 0) is 25.5 Å². The van der Waals surface area contributed by atoms with Gasteiger partial charge >= 0.3 is 0 Å². The first-order chi connectivity index (χ1) is 10.6. The summed E-state index contributed by atoms with van der Waals surface area (Å²) < 4.78 is 11.0. The lowest BCUT2D eigenvalue weighted by Gasteiger charge is -2.15. The van der Waals surface area contributed by atoms with Crippen LogP contribution in [0.3, 0.4) is 0 Å². The van der Waals surface area contributed by atoms with Crippen molar-refractivity contribution >= 4 is 5.91 Å². The van der Waals surface area contributed by atoms with Gasteiger partial charge in [-0.15, -0.1) is 6.58 Å². The number of amides is 1. The Morgan fingerprint density at radius 1 is 1.45 bits per heavy atom. The average Bonchev–Trinajstić information content (AvgIpc) is 2.97. The summed E-state index contributed by atoms with van der Waals surface area (Å²) in [6, 6.07) is 3.60. The highest BCUT2D eigenvalue weighted by Gasteiger charge is 2.19. The summed E-state index contributed by atoms with van der Waals surface area (Å²) >= 11 is 0. The molecule has 0 aliphatic carbocycles. The molecule has 0 fully saturated rings. The van der Waals surface area contributed by atoms with E-state index in [9.17, 15) is 4.79 Å². The molecule has 3 N–H and O–H groups in total. The minimum Gasteiger partial charge on any atom is -0.493 e. The number of primary amides is 1. The second kappa shape index (κ2) is 6.75. The molecule has 1 amide bonds. The van der Waals surface area contributed by atoms with Gasteiger partial charge in [-0.1, -0.05) is 6.08 Å². The third-order valence-electron chi connectivity index (χ3n) is 3.05. The van der Waals surface area contributed by atoms with Gasteiger partial charge in [0.05, 0.1) is 13.7 Å². The van der Waals surface area contributed by atoms with E-state index in [0.29, 0.717) is 35.8 Å². The largest absolute Gasteiger partial charge is 0.493 e. The number of nitrogens with zero attached hydrogens (tertiary/aromatic N) is 2. The number of allylic oxidation sites excluding steroid dienone is 1. The minimum atomic E-state index is -0.650. The predicted octanol–water partition coefficient (Wildman–Crippen LogP) is 1.71. The number of aromatic amines is 1. The zero-order chi connectivity index (χ0) is 16.1. The summed E-state index contributed by atoms with van der Waals surface area (Å²) in [5, 5.41) is 10.2. The molecule has 116 valence electrons. The first kappa shape index (κ1) is 15.6. The Hall–Kier alpha value is -2.83. The molecule has 0 spiro atoms. The van der Waals surface area contributed by atoms with Gasteiger partial charge in [-0.3, -0.25) is 4.79 Å². The summed E-state index contributed by atoms with van der Waals surface area (Å²) in [6.45, 7) is 6.10. The molecule has 0 saturated heterocycles. The van der Waals surface area contributed by atoms with Gasteiger partial charge in [-0.25, -0.2) is 0 Å². The smallest absolute Gasteiger partial charge is 0.271 e. The van der Waals surface area contributed by atoms with E-state index in [4.69, 9.17) is 15.2 Å². The first-order valence-corrected chi connectivity index (χ1v) is 6.77. The number of benzene rings is 1. The van der Waals surface area contributed by atoms with Crippen LogP contribution in [0.1, 0.15) is 23.0 Å². The minimum absolute atomic E-state index is 0.0807. The van der Waals surface area contributed by atoms with Gasteiger partial charge in [0.1, 0.15) is 5.69 Å². The maximum Gasteiger partial charge on any atom is 0.271 e. The molecule has 7 heteroatoms. The van der Waals surface area contributed by atoms with Crippen LogP contribution in [0.15, 0.2) is 24.8 Å². The van der Waals surface area contributed by atoms with Gasteiger partial charge in [0.25, 0.3) is 5.91 Å². The number of nitrogens with one attached hydrogen (secondary N) is 1. The van der Waals surface area contributed by atoms with Crippen LogP contribution >= 0.6 is 0 Å². The number of hydrogen-bond donors (Lipinski definition) is 2. The molecule has 0 saturated carbocycles. The first-order valence-electron chi connectivity index (χ1n) is 6.77. The van der Waals surface area contributed by atoms with Gasteiger partial charge in [0.2, 0.25) is 0 Å². The SMILES string of the molecule is C=CCc1cc(-c2n[nH]nc2C(N)=O)cc(OCC)c1OC. The average molecular weight is 302 g/mol. The lowest BCUT2D eigenvalue weighted by Crippen LogP contribution is -2.13. The molecule has 2 aromatic rings. The van der Waals surface area contributed by atoms with Gasteiger partial charge in [-0.2, -0.15) is 15.4 Å². The van der Waals surface area contributed by atoms with E-state index in [-0.39, 0.29) is 5.69 Å². The molecule has 1 heterocycles. The van der Waals surface area contributed by atoms with E-state index in [1.807, 2.05) is 13.0 Å². The number of ether oxygens (including phenoxy) is 2. The van der Waals surface area contributed by atoms with Crippen LogP contribution in [0, 0.1) is 0 Å². The lowest BCUT2D eigenvalue weighted by atomic mass is 10.0. The second-order valence-corrected chi connectivity index (χ2v) is 4.48. The van der Waals surface area contributed by atoms with Crippen LogP contribution in [-0.4, -0.2) is 35.0 Å². The summed E-state index contributed by atoms with van der Waals surface area (Å²) in [7, 11) is 1.58. The van der Waals surface area contributed by atoms with E-state index in [0.717, 1.165) is 5.56 Å². The summed E-state index contributed by atoms with van der Waals surface area (Å²) in [5.41, 5.74) is 7.31. The molecule has 7 nitrogen and oxygen atoms in total. The molecule has 0 unspecified atom stereocenters.